The molecule has 4 nitrogen and oxygen atoms in total. The molecular weight excluding hydrogens is 211 g/mol. The Morgan fingerprint density at radius 3 is 2.81 bits per heavy atom. The quantitative estimate of drug-likeness (QED) is 0.723. The first kappa shape index (κ1) is 12.0. The number of likely N-dealkylation sites (N-methyl/N-ethyl adjacent to an activating group) is 1. The number of anilines is 1. The molecule has 0 aliphatic heterocycles. The summed E-state index contributed by atoms with van der Waals surface area (Å²) in [6, 6.07) is 5.91. The molecule has 0 amide bonds. The summed E-state index contributed by atoms with van der Waals surface area (Å²) in [6.07, 6.45) is 0. The molecule has 1 aromatic rings. The summed E-state index contributed by atoms with van der Waals surface area (Å²) in [5, 5.41) is 8.57. The van der Waals surface area contributed by atoms with E-state index in [0.29, 0.717) is 0 Å². The summed E-state index contributed by atoms with van der Waals surface area (Å²) in [7, 11) is 2.84. The van der Waals surface area contributed by atoms with Crippen molar-refractivity contribution < 1.29 is 13.9 Å². The van der Waals surface area contributed by atoms with E-state index in [4.69, 9.17) is 5.26 Å². The molecule has 0 bridgehead atoms. The van der Waals surface area contributed by atoms with Crippen molar-refractivity contribution >= 4 is 11.7 Å². The third-order valence-corrected chi connectivity index (χ3v) is 2.08. The minimum Gasteiger partial charge on any atom is -0.468 e. The van der Waals surface area contributed by atoms with Crippen LogP contribution in [-0.4, -0.2) is 26.7 Å². The first-order valence-corrected chi connectivity index (χ1v) is 4.56. The summed E-state index contributed by atoms with van der Waals surface area (Å²) in [5.41, 5.74) is 0.497. The van der Waals surface area contributed by atoms with Crippen LogP contribution in [0.1, 0.15) is 5.56 Å². The van der Waals surface area contributed by atoms with Gasteiger partial charge in [0.05, 0.1) is 24.4 Å². The average Bonchev–Trinajstić information content (AvgIpc) is 2.28. The van der Waals surface area contributed by atoms with Gasteiger partial charge in [-0.2, -0.15) is 5.26 Å². The first-order valence-electron chi connectivity index (χ1n) is 4.56. The second kappa shape index (κ2) is 5.12. The Hall–Kier alpha value is -2.09. The Bertz CT molecular complexity index is 440. The lowest BCUT2D eigenvalue weighted by Gasteiger charge is -2.18. The summed E-state index contributed by atoms with van der Waals surface area (Å²) >= 11 is 0. The number of hydrogen-bond donors (Lipinski definition) is 0. The molecule has 0 aromatic heterocycles. The number of ether oxygens (including phenoxy) is 1. The van der Waals surface area contributed by atoms with Gasteiger partial charge < -0.3 is 9.64 Å². The SMILES string of the molecule is COC(=O)CN(C)c1ccc(C#N)cc1F. The minimum atomic E-state index is -0.537. The topological polar surface area (TPSA) is 53.3 Å². The van der Waals surface area contributed by atoms with Crippen molar-refractivity contribution in [1.82, 2.24) is 0 Å². The monoisotopic (exact) mass is 222 g/mol. The molecule has 84 valence electrons. The van der Waals surface area contributed by atoms with E-state index in [2.05, 4.69) is 4.74 Å². The van der Waals surface area contributed by atoms with Crippen LogP contribution in [0.25, 0.3) is 0 Å². The predicted octanol–water partition coefficient (Wildman–Crippen LogP) is 1.31. The van der Waals surface area contributed by atoms with E-state index >= 15 is 0 Å². The summed E-state index contributed by atoms with van der Waals surface area (Å²) < 4.78 is 18.0. The number of halogens is 1. The van der Waals surface area contributed by atoms with Crippen molar-refractivity contribution in [2.45, 2.75) is 0 Å². The van der Waals surface area contributed by atoms with Crippen molar-refractivity contribution in [1.29, 1.82) is 5.26 Å². The van der Waals surface area contributed by atoms with Crippen LogP contribution in [0.5, 0.6) is 0 Å². The highest BCUT2D eigenvalue weighted by atomic mass is 19.1. The van der Waals surface area contributed by atoms with Gasteiger partial charge in [-0.15, -0.1) is 0 Å². The Morgan fingerprint density at radius 2 is 2.31 bits per heavy atom. The van der Waals surface area contributed by atoms with Gasteiger partial charge in [0, 0.05) is 7.05 Å². The normalized spacial score (nSPS) is 9.38. The van der Waals surface area contributed by atoms with Crippen molar-refractivity contribution in [2.24, 2.45) is 0 Å². The average molecular weight is 222 g/mol. The highest BCUT2D eigenvalue weighted by molar-refractivity contribution is 5.75. The van der Waals surface area contributed by atoms with Gasteiger partial charge in [0.25, 0.3) is 0 Å². The minimum absolute atomic E-state index is 0.0423. The molecule has 0 radical (unpaired) electrons. The molecule has 0 saturated carbocycles. The van der Waals surface area contributed by atoms with Crippen molar-refractivity contribution in [3.05, 3.63) is 29.6 Å². The molecule has 0 N–H and O–H groups in total. The van der Waals surface area contributed by atoms with Crippen LogP contribution in [-0.2, 0) is 9.53 Å². The maximum Gasteiger partial charge on any atom is 0.325 e. The van der Waals surface area contributed by atoms with Crippen LogP contribution < -0.4 is 4.90 Å². The van der Waals surface area contributed by atoms with Gasteiger partial charge >= 0.3 is 5.97 Å². The lowest BCUT2D eigenvalue weighted by atomic mass is 10.2. The number of nitrogens with zero attached hydrogens (tertiary/aromatic N) is 2. The van der Waals surface area contributed by atoms with Crippen molar-refractivity contribution in [3.63, 3.8) is 0 Å². The van der Waals surface area contributed by atoms with Gasteiger partial charge in [-0.25, -0.2) is 4.39 Å². The Morgan fingerprint density at radius 1 is 1.62 bits per heavy atom. The Kier molecular flexibility index (Phi) is 3.84. The number of rotatable bonds is 3. The van der Waals surface area contributed by atoms with Gasteiger partial charge in [-0.1, -0.05) is 0 Å². The molecule has 0 atom stereocenters. The molecule has 0 fully saturated rings. The van der Waals surface area contributed by atoms with E-state index in [1.54, 1.807) is 7.05 Å². The molecule has 0 unspecified atom stereocenters. The zero-order valence-electron chi connectivity index (χ0n) is 9.03. The molecule has 16 heavy (non-hydrogen) atoms. The fraction of sp³-hybridized carbons (Fsp3) is 0.273. The second-order valence-corrected chi connectivity index (χ2v) is 3.21. The number of benzene rings is 1. The lowest BCUT2D eigenvalue weighted by molar-refractivity contribution is -0.138. The van der Waals surface area contributed by atoms with E-state index < -0.39 is 11.8 Å². The van der Waals surface area contributed by atoms with Gasteiger partial charge in [0.1, 0.15) is 12.4 Å². The van der Waals surface area contributed by atoms with Crippen LogP contribution in [0.4, 0.5) is 10.1 Å². The molecule has 5 heteroatoms. The number of esters is 1. The van der Waals surface area contributed by atoms with Crippen LogP contribution in [0.15, 0.2) is 18.2 Å². The standard InChI is InChI=1S/C11H11FN2O2/c1-14(7-11(15)16-2)10-4-3-8(6-13)5-9(10)12/h3-5H,7H2,1-2H3. The number of carbonyl (C=O) groups excluding carboxylic acids is 1. The van der Waals surface area contributed by atoms with Crippen LogP contribution in [0, 0.1) is 17.1 Å². The smallest absolute Gasteiger partial charge is 0.325 e. The van der Waals surface area contributed by atoms with Gasteiger partial charge in [-0.3, -0.25) is 4.79 Å². The van der Waals surface area contributed by atoms with Crippen LogP contribution in [0.3, 0.4) is 0 Å². The van der Waals surface area contributed by atoms with E-state index in [1.807, 2.05) is 6.07 Å². The number of methoxy groups -OCH3 is 1. The fourth-order valence-corrected chi connectivity index (χ4v) is 1.23. The highest BCUT2D eigenvalue weighted by Gasteiger charge is 2.11. The zero-order valence-corrected chi connectivity index (χ0v) is 9.03. The second-order valence-electron chi connectivity index (χ2n) is 3.21. The van der Waals surface area contributed by atoms with Gasteiger partial charge in [0.15, 0.2) is 0 Å². The Balaban J connectivity index is 2.88. The molecule has 0 heterocycles. The zero-order chi connectivity index (χ0) is 12.1. The first-order chi connectivity index (χ1) is 7.58. The number of nitriles is 1. The summed E-state index contributed by atoms with van der Waals surface area (Å²) in [6.45, 7) is -0.0423. The Labute approximate surface area is 92.8 Å². The van der Waals surface area contributed by atoms with Crippen molar-refractivity contribution in [3.8, 4) is 6.07 Å². The lowest BCUT2D eigenvalue weighted by Crippen LogP contribution is -2.27. The van der Waals surface area contributed by atoms with E-state index in [1.165, 1.54) is 24.1 Å². The van der Waals surface area contributed by atoms with E-state index in [0.717, 1.165) is 6.07 Å². The summed E-state index contributed by atoms with van der Waals surface area (Å²) in [4.78, 5) is 12.4. The molecule has 0 saturated heterocycles. The maximum atomic E-state index is 13.5. The molecule has 0 spiro atoms. The molecular formula is C11H11FN2O2. The highest BCUT2D eigenvalue weighted by Crippen LogP contribution is 2.18. The molecule has 1 rings (SSSR count). The fourth-order valence-electron chi connectivity index (χ4n) is 1.23. The maximum absolute atomic E-state index is 13.5. The van der Waals surface area contributed by atoms with E-state index in [9.17, 15) is 9.18 Å². The number of hydrogen-bond acceptors (Lipinski definition) is 4. The third-order valence-electron chi connectivity index (χ3n) is 2.08. The van der Waals surface area contributed by atoms with Gasteiger partial charge in [0.2, 0.25) is 0 Å². The molecule has 1 aromatic carbocycles. The largest absolute Gasteiger partial charge is 0.468 e. The van der Waals surface area contributed by atoms with Gasteiger partial charge in [-0.05, 0) is 18.2 Å². The molecule has 0 aliphatic rings. The third kappa shape index (κ3) is 2.70. The molecule has 0 aliphatic carbocycles. The predicted molar refractivity (Wildman–Crippen MR) is 56.4 cm³/mol. The van der Waals surface area contributed by atoms with Crippen molar-refractivity contribution in [2.75, 3.05) is 25.6 Å². The summed E-state index contributed by atoms with van der Waals surface area (Å²) in [5.74, 6) is -0.989. The van der Waals surface area contributed by atoms with E-state index in [-0.39, 0.29) is 17.8 Å². The number of carbonyl (C=O) groups is 1. The van der Waals surface area contributed by atoms with Crippen LogP contribution >= 0.6 is 0 Å². The van der Waals surface area contributed by atoms with Crippen LogP contribution in [0.2, 0.25) is 0 Å².